The van der Waals surface area contributed by atoms with Gasteiger partial charge in [0.25, 0.3) is 5.56 Å². The molecule has 0 amide bonds. The van der Waals surface area contributed by atoms with Crippen molar-refractivity contribution in [3.63, 3.8) is 0 Å². The summed E-state index contributed by atoms with van der Waals surface area (Å²) in [7, 11) is 0. The van der Waals surface area contributed by atoms with Gasteiger partial charge in [-0.25, -0.2) is 4.98 Å². The third-order valence-corrected chi connectivity index (χ3v) is 4.22. The van der Waals surface area contributed by atoms with Crippen molar-refractivity contribution in [3.05, 3.63) is 22.1 Å². The van der Waals surface area contributed by atoms with Gasteiger partial charge in [-0.15, -0.1) is 5.10 Å². The predicted octanol–water partition coefficient (Wildman–Crippen LogP) is -0.0366. The molecule has 0 aliphatic rings. The third-order valence-electron chi connectivity index (χ3n) is 2.06. The molecular weight excluding hydrogens is 276 g/mol. The molecule has 9 heteroatoms. The molecule has 2 aromatic rings. The number of carboxylic acids is 1. The van der Waals surface area contributed by atoms with Crippen molar-refractivity contribution in [3.8, 4) is 0 Å². The molecule has 7 nitrogen and oxygen atoms in total. The first-order chi connectivity index (χ1) is 8.47. The van der Waals surface area contributed by atoms with Crippen LogP contribution in [0.4, 0.5) is 0 Å². The van der Waals surface area contributed by atoms with Crippen LogP contribution in [0.25, 0.3) is 4.96 Å². The number of nitrogens with two attached hydrogens (primary N) is 1. The van der Waals surface area contributed by atoms with Crippen molar-refractivity contribution in [2.45, 2.75) is 17.3 Å². The molecule has 2 rings (SSSR count). The van der Waals surface area contributed by atoms with E-state index in [4.69, 9.17) is 10.8 Å². The van der Waals surface area contributed by atoms with E-state index in [2.05, 4.69) is 10.1 Å². The largest absolute Gasteiger partial charge is 0.480 e. The fraction of sp³-hybridized carbons (Fsp3) is 0.333. The van der Waals surface area contributed by atoms with Gasteiger partial charge in [-0.3, -0.25) is 9.59 Å². The average Bonchev–Trinajstić information content (AvgIpc) is 2.68. The number of rotatable bonds is 4. The van der Waals surface area contributed by atoms with Crippen molar-refractivity contribution >= 4 is 34.0 Å². The van der Waals surface area contributed by atoms with Crippen LogP contribution in [0.3, 0.4) is 0 Å². The quantitative estimate of drug-likeness (QED) is 0.759. The van der Waals surface area contributed by atoms with Crippen LogP contribution in [0.1, 0.15) is 5.69 Å². The summed E-state index contributed by atoms with van der Waals surface area (Å²) >= 11 is 2.43. The van der Waals surface area contributed by atoms with Gasteiger partial charge in [-0.1, -0.05) is 23.1 Å². The summed E-state index contributed by atoms with van der Waals surface area (Å²) in [6.07, 6.45) is 0. The minimum atomic E-state index is -1.06. The second-order valence-corrected chi connectivity index (χ2v) is 5.78. The first-order valence-corrected chi connectivity index (χ1v) is 6.76. The molecule has 2 heterocycles. The molecule has 0 unspecified atom stereocenters. The maximum absolute atomic E-state index is 11.6. The van der Waals surface area contributed by atoms with Gasteiger partial charge in [0.15, 0.2) is 4.34 Å². The standard InChI is InChI=1S/C9H10N4O3S2/c1-4-2-6(14)13-8(11-4)18-9(12-13)17-3-5(10)7(15)16/h2,5H,3,10H2,1H3,(H,15,16)/t5-/m0/s1. The van der Waals surface area contributed by atoms with E-state index < -0.39 is 12.0 Å². The number of thioether (sulfide) groups is 1. The number of fused-ring (bicyclic) bond motifs is 1. The van der Waals surface area contributed by atoms with E-state index in [9.17, 15) is 9.59 Å². The summed E-state index contributed by atoms with van der Waals surface area (Å²) in [6.45, 7) is 1.73. The smallest absolute Gasteiger partial charge is 0.321 e. The molecule has 0 spiro atoms. The minimum Gasteiger partial charge on any atom is -0.480 e. The number of nitrogens with zero attached hydrogens (tertiary/aromatic N) is 3. The van der Waals surface area contributed by atoms with Gasteiger partial charge in [0.1, 0.15) is 6.04 Å². The van der Waals surface area contributed by atoms with Crippen molar-refractivity contribution in [2.24, 2.45) is 5.73 Å². The van der Waals surface area contributed by atoms with E-state index in [-0.39, 0.29) is 11.3 Å². The third kappa shape index (κ3) is 2.68. The van der Waals surface area contributed by atoms with E-state index in [1.165, 1.54) is 33.7 Å². The maximum atomic E-state index is 11.6. The summed E-state index contributed by atoms with van der Waals surface area (Å²) < 4.78 is 1.77. The van der Waals surface area contributed by atoms with Crippen LogP contribution < -0.4 is 11.3 Å². The Bertz CT molecular complexity index is 651. The molecule has 0 radical (unpaired) electrons. The predicted molar refractivity (Wildman–Crippen MR) is 68.2 cm³/mol. The van der Waals surface area contributed by atoms with Gasteiger partial charge in [0.2, 0.25) is 4.96 Å². The zero-order valence-electron chi connectivity index (χ0n) is 9.36. The van der Waals surface area contributed by atoms with Gasteiger partial charge < -0.3 is 10.8 Å². The van der Waals surface area contributed by atoms with Crippen LogP contribution in [0.15, 0.2) is 15.2 Å². The molecule has 0 fully saturated rings. The van der Waals surface area contributed by atoms with E-state index in [1.54, 1.807) is 6.92 Å². The maximum Gasteiger partial charge on any atom is 0.321 e. The minimum absolute atomic E-state index is 0.197. The zero-order valence-corrected chi connectivity index (χ0v) is 11.0. The van der Waals surface area contributed by atoms with Crippen LogP contribution in [0.2, 0.25) is 0 Å². The molecule has 2 aromatic heterocycles. The Balaban J connectivity index is 2.23. The molecule has 0 aliphatic heterocycles. The lowest BCUT2D eigenvalue weighted by molar-refractivity contribution is -0.137. The highest BCUT2D eigenvalue weighted by Crippen LogP contribution is 2.23. The molecule has 0 saturated carbocycles. The Labute approximate surface area is 110 Å². The highest BCUT2D eigenvalue weighted by atomic mass is 32.2. The van der Waals surface area contributed by atoms with Gasteiger partial charge in [0.05, 0.1) is 0 Å². The Kier molecular flexibility index (Phi) is 3.64. The molecule has 0 aromatic carbocycles. The lowest BCUT2D eigenvalue weighted by atomic mass is 10.4. The van der Waals surface area contributed by atoms with Crippen molar-refractivity contribution in [1.29, 1.82) is 0 Å². The first kappa shape index (κ1) is 13.0. The highest BCUT2D eigenvalue weighted by molar-refractivity contribution is 8.01. The monoisotopic (exact) mass is 286 g/mol. The molecule has 1 atom stereocenters. The number of aromatic nitrogens is 3. The summed E-state index contributed by atoms with van der Waals surface area (Å²) in [6, 6.07) is 0.442. The van der Waals surface area contributed by atoms with Gasteiger partial charge in [0, 0.05) is 17.5 Å². The topological polar surface area (TPSA) is 111 Å². The summed E-state index contributed by atoms with van der Waals surface area (Å²) in [5, 5.41) is 12.7. The van der Waals surface area contributed by atoms with Crippen LogP contribution in [0.5, 0.6) is 0 Å². The lowest BCUT2D eigenvalue weighted by Crippen LogP contribution is -2.32. The summed E-state index contributed by atoms with van der Waals surface area (Å²) in [4.78, 5) is 26.8. The second-order valence-electron chi connectivity index (χ2n) is 3.55. The van der Waals surface area contributed by atoms with Crippen molar-refractivity contribution < 1.29 is 9.90 Å². The lowest BCUT2D eigenvalue weighted by Gasteiger charge is -2.02. The number of hydrogen-bond donors (Lipinski definition) is 2. The average molecular weight is 286 g/mol. The SMILES string of the molecule is Cc1cc(=O)n2nc(SC[C@H](N)C(=O)O)sc2n1. The van der Waals surface area contributed by atoms with E-state index in [1.807, 2.05) is 0 Å². The van der Waals surface area contributed by atoms with Crippen LogP contribution in [-0.2, 0) is 4.79 Å². The van der Waals surface area contributed by atoms with Crippen LogP contribution in [0, 0.1) is 6.92 Å². The molecule has 0 saturated heterocycles. The van der Waals surface area contributed by atoms with E-state index in [0.717, 1.165) is 0 Å². The molecule has 3 N–H and O–H groups in total. The fourth-order valence-corrected chi connectivity index (χ4v) is 3.15. The van der Waals surface area contributed by atoms with Crippen molar-refractivity contribution in [1.82, 2.24) is 14.6 Å². The Morgan fingerprint density at radius 3 is 3.11 bits per heavy atom. The van der Waals surface area contributed by atoms with E-state index in [0.29, 0.717) is 15.0 Å². The normalized spacial score (nSPS) is 12.8. The highest BCUT2D eigenvalue weighted by Gasteiger charge is 2.14. The number of aryl methyl sites for hydroxylation is 1. The van der Waals surface area contributed by atoms with E-state index >= 15 is 0 Å². The van der Waals surface area contributed by atoms with Gasteiger partial charge >= 0.3 is 5.97 Å². The summed E-state index contributed by atoms with van der Waals surface area (Å²) in [5.74, 6) is -0.863. The number of carboxylic acid groups (broad SMARTS) is 1. The molecular formula is C9H10N4O3S2. The van der Waals surface area contributed by atoms with Gasteiger partial charge in [-0.2, -0.15) is 4.52 Å². The second kappa shape index (κ2) is 5.04. The number of hydrogen-bond acceptors (Lipinski definition) is 7. The Morgan fingerprint density at radius 1 is 1.72 bits per heavy atom. The molecule has 0 aliphatic carbocycles. The van der Waals surface area contributed by atoms with Crippen molar-refractivity contribution in [2.75, 3.05) is 5.75 Å². The summed E-state index contributed by atoms with van der Waals surface area (Å²) in [5.41, 5.74) is 5.77. The zero-order chi connectivity index (χ0) is 13.3. The number of carbonyl (C=O) groups is 1. The fourth-order valence-electron chi connectivity index (χ4n) is 1.19. The number of aliphatic carboxylic acids is 1. The molecule has 96 valence electrons. The van der Waals surface area contributed by atoms with Gasteiger partial charge in [-0.05, 0) is 6.92 Å². The van der Waals surface area contributed by atoms with Crippen LogP contribution >= 0.6 is 23.1 Å². The molecule has 18 heavy (non-hydrogen) atoms. The molecule has 0 bridgehead atoms. The van der Waals surface area contributed by atoms with Crippen LogP contribution in [-0.4, -0.2) is 37.5 Å². The Hall–Kier alpha value is -1.45. The first-order valence-electron chi connectivity index (χ1n) is 4.96. The Morgan fingerprint density at radius 2 is 2.44 bits per heavy atom.